The van der Waals surface area contributed by atoms with Gasteiger partial charge in [0, 0.05) is 12.0 Å². The molecule has 2 rings (SSSR count). The van der Waals surface area contributed by atoms with E-state index < -0.39 is 0 Å². The van der Waals surface area contributed by atoms with Crippen molar-refractivity contribution in [2.45, 2.75) is 6.42 Å². The van der Waals surface area contributed by atoms with Crippen LogP contribution in [0.15, 0.2) is 53.0 Å². The Bertz CT molecular complexity index is 537. The van der Waals surface area contributed by atoms with Crippen molar-refractivity contribution in [3.05, 3.63) is 69.9 Å². The number of halogens is 2. The molecule has 0 saturated heterocycles. The van der Waals surface area contributed by atoms with Crippen LogP contribution in [0.2, 0.25) is 0 Å². The summed E-state index contributed by atoms with van der Waals surface area (Å²) in [4.78, 5) is 11.9. The second kappa shape index (κ2) is 5.23. The molecular weight excluding hydrogens is 283 g/mol. The van der Waals surface area contributed by atoms with Crippen LogP contribution >= 0.6 is 15.9 Å². The molecule has 3 heteroatoms. The van der Waals surface area contributed by atoms with Gasteiger partial charge in [-0.25, -0.2) is 4.39 Å². The van der Waals surface area contributed by atoms with Crippen molar-refractivity contribution in [2.75, 3.05) is 0 Å². The number of carbonyl (C=O) groups excluding carboxylic acids is 1. The van der Waals surface area contributed by atoms with Crippen molar-refractivity contribution in [3.63, 3.8) is 0 Å². The van der Waals surface area contributed by atoms with Gasteiger partial charge in [-0.3, -0.25) is 4.79 Å². The van der Waals surface area contributed by atoms with E-state index >= 15 is 0 Å². The Morgan fingerprint density at radius 1 is 1.12 bits per heavy atom. The molecule has 0 bridgehead atoms. The Balaban J connectivity index is 2.18. The van der Waals surface area contributed by atoms with Crippen molar-refractivity contribution in [3.8, 4) is 0 Å². The highest BCUT2D eigenvalue weighted by Crippen LogP contribution is 2.18. The van der Waals surface area contributed by atoms with E-state index in [4.69, 9.17) is 0 Å². The number of ketones is 1. The normalized spacial score (nSPS) is 10.2. The standard InChI is InChI=1S/C14H10BrFO/c15-12-9-11(6-7-13(12)16)14(17)8-10-4-2-1-3-5-10/h1-7,9H,8H2. The lowest BCUT2D eigenvalue weighted by Gasteiger charge is -2.02. The molecule has 2 aromatic rings. The second-order valence-electron chi connectivity index (χ2n) is 3.71. The summed E-state index contributed by atoms with van der Waals surface area (Å²) >= 11 is 3.07. The summed E-state index contributed by atoms with van der Waals surface area (Å²) in [6, 6.07) is 13.8. The summed E-state index contributed by atoms with van der Waals surface area (Å²) in [6.07, 6.45) is 0.332. The lowest BCUT2D eigenvalue weighted by molar-refractivity contribution is 0.0993. The van der Waals surface area contributed by atoms with E-state index in [1.165, 1.54) is 18.2 Å². The molecule has 0 atom stereocenters. The van der Waals surface area contributed by atoms with Crippen molar-refractivity contribution >= 4 is 21.7 Å². The monoisotopic (exact) mass is 292 g/mol. The first-order valence-corrected chi connectivity index (χ1v) is 5.98. The van der Waals surface area contributed by atoms with Crippen LogP contribution in [0.1, 0.15) is 15.9 Å². The number of benzene rings is 2. The zero-order chi connectivity index (χ0) is 12.3. The first-order valence-electron chi connectivity index (χ1n) is 5.19. The lowest BCUT2D eigenvalue weighted by atomic mass is 10.0. The second-order valence-corrected chi connectivity index (χ2v) is 4.57. The molecule has 0 fully saturated rings. The molecule has 0 amide bonds. The maximum atomic E-state index is 13.0. The molecule has 0 aromatic heterocycles. The number of hydrogen-bond donors (Lipinski definition) is 0. The molecule has 0 aliphatic heterocycles. The predicted molar refractivity (Wildman–Crippen MR) is 68.6 cm³/mol. The lowest BCUT2D eigenvalue weighted by Crippen LogP contribution is -2.03. The van der Waals surface area contributed by atoms with Gasteiger partial charge in [-0.15, -0.1) is 0 Å². The predicted octanol–water partition coefficient (Wildman–Crippen LogP) is 4.01. The topological polar surface area (TPSA) is 17.1 Å². The minimum atomic E-state index is -0.360. The van der Waals surface area contributed by atoms with Gasteiger partial charge in [0.05, 0.1) is 4.47 Å². The Hall–Kier alpha value is -1.48. The Labute approximate surface area is 107 Å². The van der Waals surface area contributed by atoms with Crippen LogP contribution in [0.4, 0.5) is 4.39 Å². The minimum Gasteiger partial charge on any atom is -0.294 e. The fraction of sp³-hybridized carbons (Fsp3) is 0.0714. The third-order valence-corrected chi connectivity index (χ3v) is 3.06. The van der Waals surface area contributed by atoms with Gasteiger partial charge >= 0.3 is 0 Å². The van der Waals surface area contributed by atoms with Crippen molar-refractivity contribution in [1.29, 1.82) is 0 Å². The Morgan fingerprint density at radius 3 is 2.47 bits per heavy atom. The molecular formula is C14H10BrFO. The van der Waals surface area contributed by atoms with Crippen LogP contribution < -0.4 is 0 Å². The maximum absolute atomic E-state index is 13.0. The van der Waals surface area contributed by atoms with Gasteiger partial charge < -0.3 is 0 Å². The summed E-state index contributed by atoms with van der Waals surface area (Å²) in [5, 5.41) is 0. The van der Waals surface area contributed by atoms with Crippen molar-refractivity contribution in [1.82, 2.24) is 0 Å². The van der Waals surface area contributed by atoms with Gasteiger partial charge in [-0.1, -0.05) is 30.3 Å². The third-order valence-electron chi connectivity index (χ3n) is 2.45. The van der Waals surface area contributed by atoms with E-state index in [1.807, 2.05) is 30.3 Å². The summed E-state index contributed by atoms with van der Waals surface area (Å²) < 4.78 is 13.3. The zero-order valence-electron chi connectivity index (χ0n) is 8.99. The Kier molecular flexibility index (Phi) is 3.69. The summed E-state index contributed by atoms with van der Waals surface area (Å²) in [7, 11) is 0. The smallest absolute Gasteiger partial charge is 0.167 e. The van der Waals surface area contributed by atoms with E-state index in [9.17, 15) is 9.18 Å². The SMILES string of the molecule is O=C(Cc1ccccc1)c1ccc(F)c(Br)c1. The van der Waals surface area contributed by atoms with Gasteiger partial charge in [0.25, 0.3) is 0 Å². The molecule has 0 heterocycles. The number of hydrogen-bond acceptors (Lipinski definition) is 1. The molecule has 0 saturated carbocycles. The van der Waals surface area contributed by atoms with Crippen LogP contribution in [0, 0.1) is 5.82 Å². The molecule has 2 aromatic carbocycles. The highest BCUT2D eigenvalue weighted by molar-refractivity contribution is 9.10. The molecule has 0 spiro atoms. The number of Topliss-reactive ketones (excluding diaryl/α,β-unsaturated/α-hetero) is 1. The molecule has 1 nitrogen and oxygen atoms in total. The van der Waals surface area contributed by atoms with Gasteiger partial charge in [-0.2, -0.15) is 0 Å². The first kappa shape index (κ1) is 12.0. The van der Waals surface area contributed by atoms with E-state index in [0.29, 0.717) is 16.5 Å². The summed E-state index contributed by atoms with van der Waals surface area (Å²) in [5.74, 6) is -0.377. The molecule has 17 heavy (non-hydrogen) atoms. The van der Waals surface area contributed by atoms with Crippen LogP contribution in [0.3, 0.4) is 0 Å². The molecule has 86 valence electrons. The molecule has 0 unspecified atom stereocenters. The van der Waals surface area contributed by atoms with Gasteiger partial charge in [0.1, 0.15) is 5.82 Å². The third kappa shape index (κ3) is 3.01. The zero-order valence-corrected chi connectivity index (χ0v) is 10.6. The fourth-order valence-corrected chi connectivity index (χ4v) is 1.93. The van der Waals surface area contributed by atoms with E-state index in [2.05, 4.69) is 15.9 Å². The van der Waals surface area contributed by atoms with Crippen molar-refractivity contribution in [2.24, 2.45) is 0 Å². The fourth-order valence-electron chi connectivity index (χ4n) is 1.55. The minimum absolute atomic E-state index is 0.0168. The van der Waals surface area contributed by atoms with Gasteiger partial charge in [0.15, 0.2) is 5.78 Å². The molecule has 0 aliphatic carbocycles. The van der Waals surface area contributed by atoms with E-state index in [0.717, 1.165) is 5.56 Å². The van der Waals surface area contributed by atoms with Crippen LogP contribution in [0.25, 0.3) is 0 Å². The average molecular weight is 293 g/mol. The van der Waals surface area contributed by atoms with Crippen LogP contribution in [-0.2, 0) is 6.42 Å². The van der Waals surface area contributed by atoms with E-state index in [1.54, 1.807) is 0 Å². The molecule has 0 radical (unpaired) electrons. The molecule has 0 aliphatic rings. The quantitative estimate of drug-likeness (QED) is 0.781. The number of carbonyl (C=O) groups is 1. The van der Waals surface area contributed by atoms with Crippen LogP contribution in [0.5, 0.6) is 0 Å². The number of rotatable bonds is 3. The van der Waals surface area contributed by atoms with Gasteiger partial charge in [0.2, 0.25) is 0 Å². The largest absolute Gasteiger partial charge is 0.294 e. The van der Waals surface area contributed by atoms with Crippen LogP contribution in [-0.4, -0.2) is 5.78 Å². The highest BCUT2D eigenvalue weighted by Gasteiger charge is 2.09. The summed E-state index contributed by atoms with van der Waals surface area (Å²) in [5.41, 5.74) is 1.47. The average Bonchev–Trinajstić information content (AvgIpc) is 2.34. The van der Waals surface area contributed by atoms with Gasteiger partial charge in [-0.05, 0) is 39.7 Å². The molecule has 0 N–H and O–H groups in total. The Morgan fingerprint density at radius 2 is 1.82 bits per heavy atom. The van der Waals surface area contributed by atoms with Crippen molar-refractivity contribution < 1.29 is 9.18 Å². The highest BCUT2D eigenvalue weighted by atomic mass is 79.9. The first-order chi connectivity index (χ1) is 8.16. The van der Waals surface area contributed by atoms with E-state index in [-0.39, 0.29) is 11.6 Å². The summed E-state index contributed by atoms with van der Waals surface area (Å²) in [6.45, 7) is 0. The maximum Gasteiger partial charge on any atom is 0.167 e.